The fourth-order valence-corrected chi connectivity index (χ4v) is 2.40. The summed E-state index contributed by atoms with van der Waals surface area (Å²) in [5.74, 6) is 1.59. The van der Waals surface area contributed by atoms with Gasteiger partial charge >= 0.3 is 6.03 Å². The number of hydrogen-bond acceptors (Lipinski definition) is 6. The van der Waals surface area contributed by atoms with Gasteiger partial charge in [-0.3, -0.25) is 0 Å². The highest BCUT2D eigenvalue weighted by molar-refractivity contribution is 5.73. The molecule has 2 amide bonds. The van der Waals surface area contributed by atoms with Gasteiger partial charge in [-0.2, -0.15) is 0 Å². The van der Waals surface area contributed by atoms with Crippen molar-refractivity contribution in [2.75, 3.05) is 31.2 Å². The number of morpholine rings is 1. The van der Waals surface area contributed by atoms with Gasteiger partial charge in [-0.25, -0.2) is 14.8 Å². The first kappa shape index (κ1) is 16.3. The van der Waals surface area contributed by atoms with E-state index in [0.29, 0.717) is 18.8 Å². The van der Waals surface area contributed by atoms with Crippen molar-refractivity contribution in [2.24, 2.45) is 0 Å². The number of urea groups is 1. The molecule has 3 heterocycles. The molecular formula is C16H21N5O3. The zero-order valence-corrected chi connectivity index (χ0v) is 13.6. The molecule has 2 aromatic rings. The highest BCUT2D eigenvalue weighted by atomic mass is 16.5. The first-order valence-electron chi connectivity index (χ1n) is 7.90. The number of ether oxygens (including phenoxy) is 1. The second-order valence-corrected chi connectivity index (χ2v) is 5.52. The van der Waals surface area contributed by atoms with Gasteiger partial charge in [0.2, 0.25) is 0 Å². The average molecular weight is 331 g/mol. The highest BCUT2D eigenvalue weighted by Gasteiger charge is 2.12. The normalized spacial score (nSPS) is 14.5. The Hall–Kier alpha value is -2.61. The molecule has 1 fully saturated rings. The number of aromatic nitrogens is 2. The Morgan fingerprint density at radius 3 is 2.67 bits per heavy atom. The van der Waals surface area contributed by atoms with Crippen LogP contribution in [-0.4, -0.2) is 42.3 Å². The standard InChI is InChI=1S/C16H21N5O3/c1-12-14(24-11-20-12)10-19-16(22)18-9-13-2-3-15(17-8-13)21-4-6-23-7-5-21/h2-3,8,11H,4-7,9-10H2,1H3,(H2,18,19,22). The number of carbonyl (C=O) groups excluding carboxylic acids is 1. The van der Waals surface area contributed by atoms with E-state index in [-0.39, 0.29) is 6.03 Å². The largest absolute Gasteiger partial charge is 0.446 e. The summed E-state index contributed by atoms with van der Waals surface area (Å²) in [4.78, 5) is 22.4. The zero-order chi connectivity index (χ0) is 16.8. The first-order valence-corrected chi connectivity index (χ1v) is 7.90. The van der Waals surface area contributed by atoms with Gasteiger partial charge < -0.3 is 24.7 Å². The van der Waals surface area contributed by atoms with Gasteiger partial charge in [0, 0.05) is 25.8 Å². The molecule has 1 aliphatic rings. The molecule has 3 rings (SSSR count). The number of carbonyl (C=O) groups is 1. The van der Waals surface area contributed by atoms with Gasteiger partial charge in [-0.15, -0.1) is 0 Å². The molecule has 0 bridgehead atoms. The van der Waals surface area contributed by atoms with E-state index in [1.807, 2.05) is 19.1 Å². The Balaban J connectivity index is 1.44. The summed E-state index contributed by atoms with van der Waals surface area (Å²) >= 11 is 0. The van der Waals surface area contributed by atoms with E-state index >= 15 is 0 Å². The molecule has 8 nitrogen and oxygen atoms in total. The third-order valence-electron chi connectivity index (χ3n) is 3.85. The van der Waals surface area contributed by atoms with Gasteiger partial charge in [0.25, 0.3) is 0 Å². The molecule has 0 atom stereocenters. The fraction of sp³-hybridized carbons (Fsp3) is 0.438. The molecule has 128 valence electrons. The van der Waals surface area contributed by atoms with Gasteiger partial charge in [0.15, 0.2) is 6.39 Å². The van der Waals surface area contributed by atoms with Crippen LogP contribution in [0.2, 0.25) is 0 Å². The molecule has 2 aromatic heterocycles. The van der Waals surface area contributed by atoms with Crippen LogP contribution in [0.4, 0.5) is 10.6 Å². The molecule has 0 aliphatic carbocycles. The van der Waals surface area contributed by atoms with E-state index in [1.54, 1.807) is 6.20 Å². The van der Waals surface area contributed by atoms with Crippen molar-refractivity contribution in [3.8, 4) is 0 Å². The van der Waals surface area contributed by atoms with Gasteiger partial charge in [-0.05, 0) is 18.6 Å². The number of amides is 2. The smallest absolute Gasteiger partial charge is 0.315 e. The van der Waals surface area contributed by atoms with Crippen LogP contribution in [0.1, 0.15) is 17.0 Å². The summed E-state index contributed by atoms with van der Waals surface area (Å²) in [7, 11) is 0. The van der Waals surface area contributed by atoms with Crippen molar-refractivity contribution in [1.82, 2.24) is 20.6 Å². The van der Waals surface area contributed by atoms with Crippen LogP contribution in [-0.2, 0) is 17.8 Å². The number of nitrogens with zero attached hydrogens (tertiary/aromatic N) is 3. The summed E-state index contributed by atoms with van der Waals surface area (Å²) in [6.07, 6.45) is 3.15. The van der Waals surface area contributed by atoms with Crippen LogP contribution >= 0.6 is 0 Å². The van der Waals surface area contributed by atoms with E-state index in [9.17, 15) is 4.79 Å². The van der Waals surface area contributed by atoms with Crippen molar-refractivity contribution in [1.29, 1.82) is 0 Å². The molecule has 0 aromatic carbocycles. The van der Waals surface area contributed by atoms with Crippen LogP contribution < -0.4 is 15.5 Å². The summed E-state index contributed by atoms with van der Waals surface area (Å²) < 4.78 is 10.5. The van der Waals surface area contributed by atoms with Crippen molar-refractivity contribution < 1.29 is 13.9 Å². The summed E-state index contributed by atoms with van der Waals surface area (Å²) in [5, 5.41) is 5.53. The van der Waals surface area contributed by atoms with Gasteiger partial charge in [0.1, 0.15) is 11.6 Å². The van der Waals surface area contributed by atoms with Crippen molar-refractivity contribution in [3.05, 3.63) is 41.7 Å². The second kappa shape index (κ2) is 7.78. The first-order chi connectivity index (χ1) is 11.7. The third kappa shape index (κ3) is 4.23. The molecule has 2 N–H and O–H groups in total. The lowest BCUT2D eigenvalue weighted by Crippen LogP contribution is -2.36. The maximum atomic E-state index is 11.8. The van der Waals surface area contributed by atoms with Crippen LogP contribution in [0, 0.1) is 6.92 Å². The molecule has 0 radical (unpaired) electrons. The molecule has 1 saturated heterocycles. The molecule has 0 unspecified atom stereocenters. The van der Waals surface area contributed by atoms with E-state index in [2.05, 4.69) is 25.5 Å². The number of anilines is 1. The lowest BCUT2D eigenvalue weighted by atomic mass is 10.2. The van der Waals surface area contributed by atoms with Crippen LogP contribution in [0.15, 0.2) is 29.1 Å². The number of nitrogens with one attached hydrogen (secondary N) is 2. The average Bonchev–Trinajstić information content (AvgIpc) is 3.04. The lowest BCUT2D eigenvalue weighted by molar-refractivity contribution is 0.122. The SMILES string of the molecule is Cc1ncoc1CNC(=O)NCc1ccc(N2CCOCC2)nc1. The van der Waals surface area contributed by atoms with E-state index in [4.69, 9.17) is 9.15 Å². The van der Waals surface area contributed by atoms with E-state index in [0.717, 1.165) is 43.4 Å². The molecule has 0 saturated carbocycles. The maximum Gasteiger partial charge on any atom is 0.315 e. The summed E-state index contributed by atoms with van der Waals surface area (Å²) in [5.41, 5.74) is 1.72. The Morgan fingerprint density at radius 2 is 2.00 bits per heavy atom. The van der Waals surface area contributed by atoms with Crippen molar-refractivity contribution >= 4 is 11.8 Å². The monoisotopic (exact) mass is 331 g/mol. The molecule has 8 heteroatoms. The Bertz CT molecular complexity index is 665. The molecular weight excluding hydrogens is 310 g/mol. The topological polar surface area (TPSA) is 92.5 Å². The zero-order valence-electron chi connectivity index (χ0n) is 13.6. The predicted molar refractivity (Wildman–Crippen MR) is 87.6 cm³/mol. The number of hydrogen-bond donors (Lipinski definition) is 2. The number of aryl methyl sites for hydroxylation is 1. The molecule has 0 spiro atoms. The molecule has 24 heavy (non-hydrogen) atoms. The quantitative estimate of drug-likeness (QED) is 0.856. The summed E-state index contributed by atoms with van der Waals surface area (Å²) in [6.45, 7) is 5.73. The Labute approximate surface area is 140 Å². The second-order valence-electron chi connectivity index (χ2n) is 5.52. The highest BCUT2D eigenvalue weighted by Crippen LogP contribution is 2.13. The van der Waals surface area contributed by atoms with Crippen LogP contribution in [0.5, 0.6) is 0 Å². The Morgan fingerprint density at radius 1 is 1.21 bits per heavy atom. The van der Waals surface area contributed by atoms with Crippen molar-refractivity contribution in [2.45, 2.75) is 20.0 Å². The van der Waals surface area contributed by atoms with E-state index < -0.39 is 0 Å². The minimum absolute atomic E-state index is 0.261. The predicted octanol–water partition coefficient (Wildman–Crippen LogP) is 1.21. The minimum Gasteiger partial charge on any atom is -0.446 e. The van der Waals surface area contributed by atoms with Gasteiger partial charge in [0.05, 0.1) is 25.5 Å². The number of oxazole rings is 1. The fourth-order valence-electron chi connectivity index (χ4n) is 2.40. The third-order valence-corrected chi connectivity index (χ3v) is 3.85. The van der Waals surface area contributed by atoms with Crippen LogP contribution in [0.3, 0.4) is 0 Å². The Kier molecular flexibility index (Phi) is 5.27. The van der Waals surface area contributed by atoms with Gasteiger partial charge in [-0.1, -0.05) is 6.07 Å². The van der Waals surface area contributed by atoms with Crippen molar-refractivity contribution in [3.63, 3.8) is 0 Å². The van der Waals surface area contributed by atoms with E-state index in [1.165, 1.54) is 6.39 Å². The lowest BCUT2D eigenvalue weighted by Gasteiger charge is -2.27. The minimum atomic E-state index is -0.261. The number of pyridine rings is 1. The maximum absolute atomic E-state index is 11.8. The summed E-state index contributed by atoms with van der Waals surface area (Å²) in [6, 6.07) is 3.68. The number of rotatable bonds is 5. The van der Waals surface area contributed by atoms with Crippen LogP contribution in [0.25, 0.3) is 0 Å². The molecule has 1 aliphatic heterocycles.